The Morgan fingerprint density at radius 2 is 1.69 bits per heavy atom. The molecule has 4 nitrogen and oxygen atoms in total. The molecule has 29 heavy (non-hydrogen) atoms. The van der Waals surface area contributed by atoms with Crippen molar-refractivity contribution in [3.8, 4) is 11.8 Å². The van der Waals surface area contributed by atoms with Crippen molar-refractivity contribution in [1.29, 1.82) is 5.26 Å². The molecule has 2 aromatic rings. The monoisotopic (exact) mass is 391 g/mol. The molecule has 0 aliphatic heterocycles. The number of hydrogen-bond donors (Lipinski definition) is 0. The molecule has 152 valence electrons. The summed E-state index contributed by atoms with van der Waals surface area (Å²) in [6.07, 6.45) is 4.19. The molecule has 2 aromatic carbocycles. The van der Waals surface area contributed by atoms with Gasteiger partial charge in [-0.25, -0.2) is 4.79 Å². The fourth-order valence-corrected chi connectivity index (χ4v) is 3.19. The Balaban J connectivity index is 2.38. The zero-order valence-electron chi connectivity index (χ0n) is 17.5. The molecule has 0 aliphatic rings. The Kier molecular flexibility index (Phi) is 8.98. The lowest BCUT2D eigenvalue weighted by Crippen LogP contribution is -2.16. The third-order valence-electron chi connectivity index (χ3n) is 5.00. The van der Waals surface area contributed by atoms with Crippen LogP contribution in [0.1, 0.15) is 50.7 Å². The Morgan fingerprint density at radius 1 is 1.03 bits per heavy atom. The van der Waals surface area contributed by atoms with Gasteiger partial charge in [0.2, 0.25) is 0 Å². The lowest BCUT2D eigenvalue weighted by molar-refractivity contribution is -0.139. The summed E-state index contributed by atoms with van der Waals surface area (Å²) in [5.74, 6) is 0.459. The highest BCUT2D eigenvalue weighted by atomic mass is 16.5. The Labute approximate surface area is 173 Å². The van der Waals surface area contributed by atoms with E-state index in [0.717, 1.165) is 36.8 Å². The average molecular weight is 392 g/mol. The predicted molar refractivity (Wildman–Crippen MR) is 115 cm³/mol. The van der Waals surface area contributed by atoms with E-state index in [4.69, 9.17) is 9.47 Å². The second kappa shape index (κ2) is 11.7. The van der Waals surface area contributed by atoms with E-state index < -0.39 is 5.97 Å². The van der Waals surface area contributed by atoms with Crippen molar-refractivity contribution < 1.29 is 14.3 Å². The van der Waals surface area contributed by atoms with Crippen LogP contribution in [-0.2, 0) is 9.53 Å². The van der Waals surface area contributed by atoms with Gasteiger partial charge in [-0.2, -0.15) is 5.26 Å². The summed E-state index contributed by atoms with van der Waals surface area (Å²) in [5, 5.41) is 9.82. The van der Waals surface area contributed by atoms with Crippen LogP contribution in [0.15, 0.2) is 60.2 Å². The first-order valence-electron chi connectivity index (χ1n) is 10.2. The molecule has 0 spiro atoms. The molecule has 0 heterocycles. The SMILES string of the molecule is CCCCC(CC)COC(=O)C(C#N)=C(c1ccccc1)c1ccc(OC)cc1. The van der Waals surface area contributed by atoms with Crippen LogP contribution in [0.2, 0.25) is 0 Å². The molecule has 0 bridgehead atoms. The third kappa shape index (κ3) is 6.22. The number of rotatable bonds is 10. The maximum absolute atomic E-state index is 12.9. The van der Waals surface area contributed by atoms with E-state index in [2.05, 4.69) is 19.9 Å². The molecule has 4 heteroatoms. The molecule has 0 amide bonds. The van der Waals surface area contributed by atoms with Gasteiger partial charge in [-0.1, -0.05) is 75.6 Å². The number of carbonyl (C=O) groups excluding carboxylic acids is 1. The van der Waals surface area contributed by atoms with Crippen molar-refractivity contribution in [3.05, 3.63) is 71.3 Å². The van der Waals surface area contributed by atoms with Crippen LogP contribution in [-0.4, -0.2) is 19.7 Å². The van der Waals surface area contributed by atoms with Gasteiger partial charge in [0, 0.05) is 5.57 Å². The first kappa shape index (κ1) is 22.2. The fraction of sp³-hybridized carbons (Fsp3) is 0.360. The van der Waals surface area contributed by atoms with Crippen molar-refractivity contribution >= 4 is 11.5 Å². The van der Waals surface area contributed by atoms with Gasteiger partial charge in [0.05, 0.1) is 13.7 Å². The van der Waals surface area contributed by atoms with Crippen molar-refractivity contribution in [2.24, 2.45) is 5.92 Å². The Hall–Kier alpha value is -3.06. The summed E-state index contributed by atoms with van der Waals surface area (Å²) in [5.41, 5.74) is 2.15. The minimum atomic E-state index is -0.572. The predicted octanol–water partition coefficient (Wildman–Crippen LogP) is 5.78. The number of methoxy groups -OCH3 is 1. The minimum absolute atomic E-state index is 0.0201. The van der Waals surface area contributed by atoms with Crippen LogP contribution >= 0.6 is 0 Å². The van der Waals surface area contributed by atoms with Crippen molar-refractivity contribution in [1.82, 2.24) is 0 Å². The van der Waals surface area contributed by atoms with Gasteiger partial charge >= 0.3 is 5.97 Å². The highest BCUT2D eigenvalue weighted by Gasteiger charge is 2.21. The number of hydrogen-bond acceptors (Lipinski definition) is 4. The lowest BCUT2D eigenvalue weighted by Gasteiger charge is -2.16. The molecular formula is C25H29NO3. The molecule has 0 N–H and O–H groups in total. The topological polar surface area (TPSA) is 59.3 Å². The number of ether oxygens (including phenoxy) is 2. The maximum atomic E-state index is 12.9. The van der Waals surface area contributed by atoms with Crippen molar-refractivity contribution in [2.45, 2.75) is 39.5 Å². The first-order valence-corrected chi connectivity index (χ1v) is 10.2. The number of nitriles is 1. The summed E-state index contributed by atoms with van der Waals surface area (Å²) in [4.78, 5) is 12.9. The first-order chi connectivity index (χ1) is 14.1. The van der Waals surface area contributed by atoms with E-state index in [1.54, 1.807) is 7.11 Å². The summed E-state index contributed by atoms with van der Waals surface area (Å²) in [6, 6.07) is 18.9. The van der Waals surface area contributed by atoms with Crippen LogP contribution in [0.3, 0.4) is 0 Å². The highest BCUT2D eigenvalue weighted by molar-refractivity contribution is 6.05. The Morgan fingerprint density at radius 3 is 2.24 bits per heavy atom. The van der Waals surface area contributed by atoms with Crippen molar-refractivity contribution in [3.63, 3.8) is 0 Å². The Bertz CT molecular complexity index is 848. The van der Waals surface area contributed by atoms with Crippen LogP contribution in [0, 0.1) is 17.2 Å². The second-order valence-corrected chi connectivity index (χ2v) is 6.97. The van der Waals surface area contributed by atoms with E-state index in [-0.39, 0.29) is 5.57 Å². The van der Waals surface area contributed by atoms with Gasteiger partial charge in [0.1, 0.15) is 17.4 Å². The normalized spacial score (nSPS) is 12.5. The van der Waals surface area contributed by atoms with Crippen LogP contribution in [0.4, 0.5) is 0 Å². The number of benzene rings is 2. The molecule has 2 rings (SSSR count). The lowest BCUT2D eigenvalue weighted by atomic mass is 9.93. The standard InChI is InChI=1S/C25H29NO3/c1-4-6-10-19(5-2)18-29-25(27)23(17-26)24(20-11-8-7-9-12-20)21-13-15-22(28-3)16-14-21/h7-9,11-16,19H,4-6,10,18H2,1-3H3. The van der Waals surface area contributed by atoms with Crippen LogP contribution in [0.25, 0.3) is 5.57 Å². The quantitative estimate of drug-likeness (QED) is 0.293. The van der Waals surface area contributed by atoms with Gasteiger partial charge in [-0.05, 0) is 35.6 Å². The smallest absolute Gasteiger partial charge is 0.349 e. The number of carbonyl (C=O) groups is 1. The maximum Gasteiger partial charge on any atom is 0.349 e. The van der Waals surface area contributed by atoms with E-state index in [1.807, 2.05) is 54.6 Å². The molecule has 0 fully saturated rings. The summed E-state index contributed by atoms with van der Waals surface area (Å²) >= 11 is 0. The molecule has 0 saturated heterocycles. The number of esters is 1. The molecule has 1 atom stereocenters. The van der Waals surface area contributed by atoms with Gasteiger partial charge in [-0.15, -0.1) is 0 Å². The van der Waals surface area contributed by atoms with E-state index >= 15 is 0 Å². The van der Waals surface area contributed by atoms with E-state index in [1.165, 1.54) is 0 Å². The molecule has 0 radical (unpaired) electrons. The van der Waals surface area contributed by atoms with Gasteiger partial charge in [0.15, 0.2) is 0 Å². The van der Waals surface area contributed by atoms with Gasteiger partial charge in [-0.3, -0.25) is 0 Å². The second-order valence-electron chi connectivity index (χ2n) is 6.97. The number of unbranched alkanes of at least 4 members (excludes halogenated alkanes) is 1. The molecule has 0 aliphatic carbocycles. The highest BCUT2D eigenvalue weighted by Crippen LogP contribution is 2.29. The largest absolute Gasteiger partial charge is 0.497 e. The molecular weight excluding hydrogens is 362 g/mol. The van der Waals surface area contributed by atoms with Gasteiger partial charge in [0.25, 0.3) is 0 Å². The minimum Gasteiger partial charge on any atom is -0.497 e. The zero-order chi connectivity index (χ0) is 21.1. The number of nitrogens with zero attached hydrogens (tertiary/aromatic N) is 1. The van der Waals surface area contributed by atoms with Crippen LogP contribution < -0.4 is 4.74 Å². The average Bonchev–Trinajstić information content (AvgIpc) is 2.78. The molecule has 0 aromatic heterocycles. The van der Waals surface area contributed by atoms with E-state index in [0.29, 0.717) is 23.8 Å². The summed E-state index contributed by atoms with van der Waals surface area (Å²) in [7, 11) is 1.60. The molecule has 0 saturated carbocycles. The summed E-state index contributed by atoms with van der Waals surface area (Å²) in [6.45, 7) is 4.59. The third-order valence-corrected chi connectivity index (χ3v) is 5.00. The van der Waals surface area contributed by atoms with Crippen molar-refractivity contribution in [2.75, 3.05) is 13.7 Å². The zero-order valence-corrected chi connectivity index (χ0v) is 17.5. The molecule has 1 unspecified atom stereocenters. The van der Waals surface area contributed by atoms with E-state index in [9.17, 15) is 10.1 Å². The summed E-state index contributed by atoms with van der Waals surface area (Å²) < 4.78 is 10.8. The van der Waals surface area contributed by atoms with Gasteiger partial charge < -0.3 is 9.47 Å². The van der Waals surface area contributed by atoms with Crippen LogP contribution in [0.5, 0.6) is 5.75 Å². The fourth-order valence-electron chi connectivity index (χ4n) is 3.19.